The Morgan fingerprint density at radius 2 is 2.04 bits per heavy atom. The van der Waals surface area contributed by atoms with Gasteiger partial charge in [0.05, 0.1) is 24.1 Å². The van der Waals surface area contributed by atoms with Crippen molar-refractivity contribution >= 4 is 28.1 Å². The molecule has 0 spiro atoms. The highest BCUT2D eigenvalue weighted by molar-refractivity contribution is 6.00. The largest absolute Gasteiger partial charge is 0.494 e. The van der Waals surface area contributed by atoms with Gasteiger partial charge in [0.1, 0.15) is 17.0 Å². The molecule has 3 aromatic rings. The van der Waals surface area contributed by atoms with Crippen LogP contribution in [0.4, 0.5) is 11.4 Å². The monoisotopic (exact) mass is 340 g/mol. The van der Waals surface area contributed by atoms with Gasteiger partial charge in [0.15, 0.2) is 5.76 Å². The molecule has 0 saturated carbocycles. The van der Waals surface area contributed by atoms with E-state index in [0.29, 0.717) is 17.9 Å². The zero-order chi connectivity index (χ0) is 17.8. The maximum absolute atomic E-state index is 12.3. The number of para-hydroxylation sites is 1. The Balaban J connectivity index is 1.76. The fourth-order valence-electron chi connectivity index (χ4n) is 2.45. The number of carbonyl (C=O) groups is 1. The molecule has 0 saturated heterocycles. The SMILES string of the molecule is CCOc1ccc(NCC(=O)c2cc3ccccc3o2)c([N+](=O)[O-])c1. The van der Waals surface area contributed by atoms with E-state index in [-0.39, 0.29) is 29.5 Å². The lowest BCUT2D eigenvalue weighted by Crippen LogP contribution is -2.14. The summed E-state index contributed by atoms with van der Waals surface area (Å²) in [6, 6.07) is 13.4. The number of hydrogen-bond acceptors (Lipinski definition) is 6. The summed E-state index contributed by atoms with van der Waals surface area (Å²) in [7, 11) is 0. The maximum Gasteiger partial charge on any atom is 0.296 e. The lowest BCUT2D eigenvalue weighted by Gasteiger charge is -2.08. The van der Waals surface area contributed by atoms with Crippen LogP contribution in [0.1, 0.15) is 17.5 Å². The van der Waals surface area contributed by atoms with Crippen LogP contribution in [0, 0.1) is 10.1 Å². The van der Waals surface area contributed by atoms with Crippen LogP contribution in [-0.4, -0.2) is 23.9 Å². The molecule has 0 unspecified atom stereocenters. The van der Waals surface area contributed by atoms with Crippen molar-refractivity contribution in [3.63, 3.8) is 0 Å². The van der Waals surface area contributed by atoms with Crippen LogP contribution in [-0.2, 0) is 0 Å². The number of anilines is 1. The van der Waals surface area contributed by atoms with Crippen LogP contribution < -0.4 is 10.1 Å². The zero-order valence-electron chi connectivity index (χ0n) is 13.5. The molecule has 0 fully saturated rings. The number of nitro groups is 1. The first-order valence-electron chi connectivity index (χ1n) is 7.75. The predicted octanol–water partition coefficient (Wildman–Crippen LogP) is 4.03. The molecule has 2 aromatic carbocycles. The van der Waals surface area contributed by atoms with Gasteiger partial charge in [-0.1, -0.05) is 18.2 Å². The molecule has 7 heteroatoms. The molecule has 1 heterocycles. The van der Waals surface area contributed by atoms with Gasteiger partial charge in [-0.25, -0.2) is 0 Å². The average Bonchev–Trinajstić information content (AvgIpc) is 3.04. The van der Waals surface area contributed by atoms with Gasteiger partial charge in [-0.3, -0.25) is 14.9 Å². The Morgan fingerprint density at radius 3 is 2.76 bits per heavy atom. The first-order chi connectivity index (χ1) is 12.1. The second kappa shape index (κ2) is 7.04. The molecule has 0 aliphatic carbocycles. The van der Waals surface area contributed by atoms with E-state index in [1.54, 1.807) is 25.1 Å². The Bertz CT molecular complexity index is 899. The van der Waals surface area contributed by atoms with Crippen molar-refractivity contribution in [2.24, 2.45) is 0 Å². The quantitative estimate of drug-likeness (QED) is 0.396. The number of ketones is 1. The van der Waals surface area contributed by atoms with Gasteiger partial charge in [0, 0.05) is 5.39 Å². The third kappa shape index (κ3) is 3.60. The topological polar surface area (TPSA) is 94.6 Å². The number of rotatable bonds is 7. The van der Waals surface area contributed by atoms with Gasteiger partial charge < -0.3 is 14.5 Å². The van der Waals surface area contributed by atoms with Crippen molar-refractivity contribution in [2.45, 2.75) is 6.92 Å². The highest BCUT2D eigenvalue weighted by Gasteiger charge is 2.18. The van der Waals surface area contributed by atoms with Gasteiger partial charge in [-0.2, -0.15) is 0 Å². The predicted molar refractivity (Wildman–Crippen MR) is 93.3 cm³/mol. The summed E-state index contributed by atoms with van der Waals surface area (Å²) in [5, 5.41) is 14.8. The molecule has 0 amide bonds. The van der Waals surface area contributed by atoms with E-state index >= 15 is 0 Å². The lowest BCUT2D eigenvalue weighted by molar-refractivity contribution is -0.384. The Labute approximate surface area is 143 Å². The van der Waals surface area contributed by atoms with Crippen LogP contribution >= 0.6 is 0 Å². The van der Waals surface area contributed by atoms with Crippen molar-refractivity contribution in [3.05, 3.63) is 64.4 Å². The molecule has 0 radical (unpaired) electrons. The van der Waals surface area contributed by atoms with Crippen molar-refractivity contribution in [1.82, 2.24) is 0 Å². The summed E-state index contributed by atoms with van der Waals surface area (Å²) in [5.41, 5.74) is 0.721. The summed E-state index contributed by atoms with van der Waals surface area (Å²) in [6.07, 6.45) is 0. The number of carbonyl (C=O) groups excluding carboxylic acids is 1. The number of ether oxygens (including phenoxy) is 1. The fraction of sp³-hybridized carbons (Fsp3) is 0.167. The minimum atomic E-state index is -0.517. The third-order valence-corrected chi connectivity index (χ3v) is 3.62. The number of benzene rings is 2. The van der Waals surface area contributed by atoms with E-state index < -0.39 is 4.92 Å². The van der Waals surface area contributed by atoms with Crippen molar-refractivity contribution in [1.29, 1.82) is 0 Å². The van der Waals surface area contributed by atoms with E-state index in [2.05, 4.69) is 5.32 Å². The van der Waals surface area contributed by atoms with Crippen molar-refractivity contribution in [2.75, 3.05) is 18.5 Å². The maximum atomic E-state index is 12.3. The first kappa shape index (κ1) is 16.5. The van der Waals surface area contributed by atoms with Crippen LogP contribution in [0.3, 0.4) is 0 Å². The van der Waals surface area contributed by atoms with Gasteiger partial charge in [-0.05, 0) is 31.2 Å². The average molecular weight is 340 g/mol. The summed E-state index contributed by atoms with van der Waals surface area (Å²) >= 11 is 0. The molecular formula is C18H16N2O5. The van der Waals surface area contributed by atoms with Gasteiger partial charge in [0.2, 0.25) is 5.78 Å². The summed E-state index contributed by atoms with van der Waals surface area (Å²) < 4.78 is 10.8. The van der Waals surface area contributed by atoms with E-state index in [1.807, 2.05) is 18.2 Å². The van der Waals surface area contributed by atoms with Gasteiger partial charge in [0.25, 0.3) is 5.69 Å². The molecule has 7 nitrogen and oxygen atoms in total. The molecule has 128 valence electrons. The Kier molecular flexibility index (Phi) is 4.65. The smallest absolute Gasteiger partial charge is 0.296 e. The second-order valence-corrected chi connectivity index (χ2v) is 5.29. The number of Topliss-reactive ketones (excluding diaryl/α,β-unsaturated/α-hetero) is 1. The molecule has 1 aromatic heterocycles. The van der Waals surface area contributed by atoms with Crippen molar-refractivity contribution < 1.29 is 18.9 Å². The summed E-state index contributed by atoms with van der Waals surface area (Å²) in [5.74, 6) is 0.324. The molecule has 25 heavy (non-hydrogen) atoms. The highest BCUT2D eigenvalue weighted by Crippen LogP contribution is 2.29. The number of fused-ring (bicyclic) bond motifs is 1. The minimum absolute atomic E-state index is 0.116. The van der Waals surface area contributed by atoms with E-state index in [1.165, 1.54) is 12.1 Å². The normalized spacial score (nSPS) is 10.6. The second-order valence-electron chi connectivity index (χ2n) is 5.29. The van der Waals surface area contributed by atoms with Crippen LogP contribution in [0.2, 0.25) is 0 Å². The first-order valence-corrected chi connectivity index (χ1v) is 7.75. The number of hydrogen-bond donors (Lipinski definition) is 1. The number of nitrogens with zero attached hydrogens (tertiary/aromatic N) is 1. The van der Waals surface area contributed by atoms with E-state index in [0.717, 1.165) is 5.39 Å². The fourth-order valence-corrected chi connectivity index (χ4v) is 2.45. The molecule has 1 N–H and O–H groups in total. The number of nitrogens with one attached hydrogen (secondary N) is 1. The van der Waals surface area contributed by atoms with E-state index in [4.69, 9.17) is 9.15 Å². The molecule has 0 bridgehead atoms. The van der Waals surface area contributed by atoms with Crippen molar-refractivity contribution in [3.8, 4) is 5.75 Å². The highest BCUT2D eigenvalue weighted by atomic mass is 16.6. The van der Waals surface area contributed by atoms with Crippen LogP contribution in [0.25, 0.3) is 11.0 Å². The Morgan fingerprint density at radius 1 is 1.24 bits per heavy atom. The lowest BCUT2D eigenvalue weighted by atomic mass is 10.2. The Hall–Kier alpha value is -3.35. The zero-order valence-corrected chi connectivity index (χ0v) is 13.5. The van der Waals surface area contributed by atoms with Gasteiger partial charge in [-0.15, -0.1) is 0 Å². The number of furan rings is 1. The minimum Gasteiger partial charge on any atom is -0.494 e. The number of nitro benzene ring substituents is 1. The third-order valence-electron chi connectivity index (χ3n) is 3.62. The molecule has 0 aliphatic heterocycles. The van der Waals surface area contributed by atoms with Crippen LogP contribution in [0.15, 0.2) is 52.9 Å². The standard InChI is InChI=1S/C18H16N2O5/c1-2-24-13-7-8-14(15(10-13)20(22)23)19-11-16(21)18-9-12-5-3-4-6-17(12)25-18/h3-10,19H,2,11H2,1H3. The molecule has 0 aliphatic rings. The molecule has 3 rings (SSSR count). The van der Waals surface area contributed by atoms with Crippen LogP contribution in [0.5, 0.6) is 5.75 Å². The molecular weight excluding hydrogens is 324 g/mol. The van der Waals surface area contributed by atoms with Gasteiger partial charge >= 0.3 is 0 Å². The van der Waals surface area contributed by atoms with E-state index in [9.17, 15) is 14.9 Å². The molecule has 0 atom stereocenters. The summed E-state index contributed by atoms with van der Waals surface area (Å²) in [6.45, 7) is 2.09. The summed E-state index contributed by atoms with van der Waals surface area (Å²) in [4.78, 5) is 23.0.